The lowest BCUT2D eigenvalue weighted by atomic mass is 9.43. The molecule has 1 aromatic carbocycles. The largest absolute Gasteiger partial charge is 0.412 e. The van der Waals surface area contributed by atoms with Crippen molar-refractivity contribution < 1.29 is 14.0 Å². The van der Waals surface area contributed by atoms with E-state index >= 15 is 0 Å². The topological polar surface area (TPSA) is 81.4 Å². The molecule has 5 nitrogen and oxygen atoms in total. The van der Waals surface area contributed by atoms with Crippen LogP contribution in [0, 0.1) is 28.6 Å². The average Bonchev–Trinajstić information content (AvgIpc) is 2.89. The number of carbonyl (C=O) groups is 2. The van der Waals surface area contributed by atoms with Crippen molar-refractivity contribution in [2.24, 2.45) is 34.3 Å². The van der Waals surface area contributed by atoms with Gasteiger partial charge in [0, 0.05) is 18.5 Å². The van der Waals surface area contributed by atoms with Crippen LogP contribution in [0.5, 0.6) is 0 Å². The van der Waals surface area contributed by atoms with Crippen molar-refractivity contribution in [3.63, 3.8) is 0 Å². The van der Waals surface area contributed by atoms with Crippen LogP contribution in [0.3, 0.4) is 0 Å². The van der Waals surface area contributed by atoms with E-state index in [1.54, 1.807) is 17.7 Å². The molecule has 2 amide bonds. The highest BCUT2D eigenvalue weighted by Crippen LogP contribution is 2.65. The molecule has 1 aromatic rings. The zero-order chi connectivity index (χ0) is 31.0. The van der Waals surface area contributed by atoms with E-state index in [0.29, 0.717) is 53.3 Å². The quantitative estimate of drug-likeness (QED) is 0.223. The van der Waals surface area contributed by atoms with Crippen molar-refractivity contribution in [1.29, 1.82) is 0 Å². The second-order valence-corrected chi connectivity index (χ2v) is 19.4. The number of hydrogen-bond donors (Lipinski definition) is 2. The number of rotatable bonds is 9. The molecular formula is C36H57N2O3Si. The lowest BCUT2D eigenvalue weighted by Gasteiger charge is -2.63. The van der Waals surface area contributed by atoms with Gasteiger partial charge in [0.2, 0.25) is 20.9 Å². The first kappa shape index (κ1) is 33.0. The van der Waals surface area contributed by atoms with Crippen LogP contribution in [-0.2, 0) is 15.8 Å². The van der Waals surface area contributed by atoms with Gasteiger partial charge >= 0.3 is 0 Å². The molecular weight excluding hydrogens is 536 g/mol. The van der Waals surface area contributed by atoms with Crippen LogP contribution in [0.25, 0.3) is 0 Å². The van der Waals surface area contributed by atoms with E-state index in [0.717, 1.165) is 24.8 Å². The fraction of sp³-hybridized carbons (Fsp3) is 0.722. The van der Waals surface area contributed by atoms with Gasteiger partial charge in [-0.2, -0.15) is 0 Å². The van der Waals surface area contributed by atoms with Gasteiger partial charge in [-0.3, -0.25) is 9.59 Å². The van der Waals surface area contributed by atoms with Crippen LogP contribution >= 0.6 is 0 Å². The molecule has 5 atom stereocenters. The van der Waals surface area contributed by atoms with Crippen LogP contribution in [0.15, 0.2) is 35.4 Å². The Bertz CT molecular complexity index is 1180. The van der Waals surface area contributed by atoms with Crippen LogP contribution < -0.4 is 11.1 Å². The highest BCUT2D eigenvalue weighted by molar-refractivity contribution is 6.56. The highest BCUT2D eigenvalue weighted by atomic mass is 28.3. The number of primary amides is 1. The third kappa shape index (κ3) is 6.75. The number of benzene rings is 1. The smallest absolute Gasteiger partial charge is 0.248 e. The Morgan fingerprint density at radius 2 is 1.83 bits per heavy atom. The summed E-state index contributed by atoms with van der Waals surface area (Å²) in [6, 6.07) is 7.19. The summed E-state index contributed by atoms with van der Waals surface area (Å²) in [5, 5.41) is 3.30. The number of nitrogens with one attached hydrogen (secondary N) is 1. The van der Waals surface area contributed by atoms with Crippen LogP contribution in [0.4, 0.5) is 0 Å². The van der Waals surface area contributed by atoms with E-state index in [1.807, 2.05) is 12.1 Å². The van der Waals surface area contributed by atoms with Gasteiger partial charge < -0.3 is 15.5 Å². The molecule has 0 bridgehead atoms. The standard InChI is InChI=1S/C36H57N2O3Si/c1-23(2)42(34(4,5)6)41-31-19-20-36(9)29-16-13-24(3)27(28(29)14-17-30(36)35(31,7)8)15-18-32(39)38-22-25-11-10-12-26(21-25)33(37)40/h10-12,21,23,28-31H,13-20,22H2,1-9H3,(H2,37,40)(H,38,39)/t28?,29?,30?,31-,36+/m0/s1. The molecule has 0 saturated heterocycles. The van der Waals surface area contributed by atoms with Crippen molar-refractivity contribution >= 4 is 20.9 Å². The van der Waals surface area contributed by atoms with Gasteiger partial charge in [0.05, 0.1) is 6.10 Å². The van der Waals surface area contributed by atoms with Gasteiger partial charge in [-0.15, -0.1) is 0 Å². The molecule has 6 heteroatoms. The first-order chi connectivity index (χ1) is 19.6. The highest BCUT2D eigenvalue weighted by Gasteiger charge is 2.59. The zero-order valence-corrected chi connectivity index (χ0v) is 28.9. The Morgan fingerprint density at radius 1 is 1.12 bits per heavy atom. The third-order valence-electron chi connectivity index (χ3n) is 11.2. The maximum atomic E-state index is 12.9. The maximum Gasteiger partial charge on any atom is 0.248 e. The molecule has 0 aliphatic heterocycles. The number of nitrogens with two attached hydrogens (primary N) is 1. The molecule has 1 radical (unpaired) electrons. The summed E-state index contributed by atoms with van der Waals surface area (Å²) in [4.78, 5) is 24.4. The molecule has 3 N–H and O–H groups in total. The molecule has 4 rings (SSSR count). The summed E-state index contributed by atoms with van der Waals surface area (Å²) >= 11 is 0. The number of fused-ring (bicyclic) bond motifs is 3. The molecule has 3 unspecified atom stereocenters. The van der Waals surface area contributed by atoms with E-state index in [2.05, 4.69) is 67.6 Å². The van der Waals surface area contributed by atoms with Gasteiger partial charge in [-0.25, -0.2) is 0 Å². The molecule has 2 saturated carbocycles. The van der Waals surface area contributed by atoms with Crippen molar-refractivity contribution in [2.75, 3.05) is 0 Å². The van der Waals surface area contributed by atoms with Crippen LogP contribution in [-0.4, -0.2) is 27.0 Å². The Labute approximate surface area is 257 Å². The SMILES string of the molecule is CC1=C(CCC(=O)NCc2cccc(C(N)=O)c2)C2CCC3C(C)(C)[C@@H](O[Si](C(C)C)C(C)(C)C)CC[C@]3(C)C2CC1. The molecule has 0 spiro atoms. The summed E-state index contributed by atoms with van der Waals surface area (Å²) in [6.07, 6.45) is 9.04. The summed E-state index contributed by atoms with van der Waals surface area (Å²) < 4.78 is 7.16. The first-order valence-corrected chi connectivity index (χ1v) is 17.9. The minimum atomic E-state index is -0.951. The van der Waals surface area contributed by atoms with E-state index in [-0.39, 0.29) is 16.4 Å². The summed E-state index contributed by atoms with van der Waals surface area (Å²) in [5.41, 5.74) is 10.9. The summed E-state index contributed by atoms with van der Waals surface area (Å²) in [7, 11) is -0.951. The number of amides is 2. The van der Waals surface area contributed by atoms with Gasteiger partial charge in [-0.05, 0) is 109 Å². The molecule has 42 heavy (non-hydrogen) atoms. The molecule has 0 aromatic heterocycles. The summed E-state index contributed by atoms with van der Waals surface area (Å²) in [6.45, 7) is 22.2. The van der Waals surface area contributed by atoms with E-state index < -0.39 is 14.9 Å². The Balaban J connectivity index is 1.42. The predicted molar refractivity (Wildman–Crippen MR) is 174 cm³/mol. The van der Waals surface area contributed by atoms with Gasteiger partial charge in [0.25, 0.3) is 0 Å². The van der Waals surface area contributed by atoms with Gasteiger partial charge in [-0.1, -0.05) is 78.7 Å². The van der Waals surface area contributed by atoms with Crippen molar-refractivity contribution in [3.8, 4) is 0 Å². The number of allylic oxidation sites excluding steroid dienone is 2. The fourth-order valence-corrected chi connectivity index (χ4v) is 12.4. The Morgan fingerprint density at radius 3 is 2.48 bits per heavy atom. The zero-order valence-electron chi connectivity index (χ0n) is 27.9. The first-order valence-electron chi connectivity index (χ1n) is 16.4. The molecule has 2 fully saturated rings. The fourth-order valence-electron chi connectivity index (χ4n) is 9.33. The Kier molecular flexibility index (Phi) is 9.89. The Hall–Kier alpha value is -1.92. The lowest BCUT2D eigenvalue weighted by Crippen LogP contribution is -2.58. The number of hydrogen-bond acceptors (Lipinski definition) is 3. The summed E-state index contributed by atoms with van der Waals surface area (Å²) in [5.74, 6) is 1.57. The van der Waals surface area contributed by atoms with Gasteiger partial charge in [0.1, 0.15) is 0 Å². The molecule has 3 aliphatic carbocycles. The lowest BCUT2D eigenvalue weighted by molar-refractivity contribution is -0.144. The van der Waals surface area contributed by atoms with E-state index in [4.69, 9.17) is 10.2 Å². The van der Waals surface area contributed by atoms with Crippen LogP contribution in [0.1, 0.15) is 130 Å². The second-order valence-electron chi connectivity index (χ2n) is 15.8. The van der Waals surface area contributed by atoms with E-state index in [9.17, 15) is 9.59 Å². The van der Waals surface area contributed by atoms with Gasteiger partial charge in [0.15, 0.2) is 0 Å². The van der Waals surface area contributed by atoms with Crippen LogP contribution in [0.2, 0.25) is 10.6 Å². The number of carbonyl (C=O) groups excluding carboxylic acids is 2. The predicted octanol–water partition coefficient (Wildman–Crippen LogP) is 8.35. The maximum absolute atomic E-state index is 12.9. The van der Waals surface area contributed by atoms with E-state index in [1.165, 1.54) is 31.3 Å². The second kappa shape index (κ2) is 12.6. The van der Waals surface area contributed by atoms with Crippen molar-refractivity contribution in [1.82, 2.24) is 5.32 Å². The molecule has 233 valence electrons. The third-order valence-corrected chi connectivity index (χ3v) is 14.3. The minimum absolute atomic E-state index is 0.0715. The average molecular weight is 594 g/mol. The normalized spacial score (nSPS) is 29.3. The molecule has 3 aliphatic rings. The van der Waals surface area contributed by atoms with Crippen molar-refractivity contribution in [3.05, 3.63) is 46.5 Å². The monoisotopic (exact) mass is 593 g/mol. The minimum Gasteiger partial charge on any atom is -0.412 e. The van der Waals surface area contributed by atoms with Crippen molar-refractivity contribution in [2.45, 2.75) is 137 Å². The molecule has 0 heterocycles.